The second kappa shape index (κ2) is 4.99. The van der Waals surface area contributed by atoms with Crippen molar-refractivity contribution >= 4 is 39.0 Å². The van der Waals surface area contributed by atoms with E-state index in [1.54, 1.807) is 0 Å². The largest absolute Gasteiger partial charge is 0.307 e. The molecule has 0 radical (unpaired) electrons. The highest BCUT2D eigenvalue weighted by atomic mass is 79.9. The number of thiazole rings is 1. The molecule has 0 saturated heterocycles. The maximum absolute atomic E-state index is 11.9. The van der Waals surface area contributed by atoms with Crippen LogP contribution in [0.2, 0.25) is 0 Å². The van der Waals surface area contributed by atoms with Crippen molar-refractivity contribution in [3.8, 4) is 0 Å². The summed E-state index contributed by atoms with van der Waals surface area (Å²) < 4.78 is 1.12. The maximum Gasteiger partial charge on any atom is 0.305 e. The Bertz CT molecular complexity index is 781. The number of benzene rings is 1. The van der Waals surface area contributed by atoms with Gasteiger partial charge in [0.1, 0.15) is 0 Å². The first kappa shape index (κ1) is 13.9. The molecule has 2 bridgehead atoms. The molecule has 1 aromatic carbocycles. The van der Waals surface area contributed by atoms with Crippen LogP contribution in [0.1, 0.15) is 35.6 Å². The van der Waals surface area contributed by atoms with Crippen molar-refractivity contribution in [3.63, 3.8) is 0 Å². The lowest BCUT2D eigenvalue weighted by atomic mass is 9.75. The summed E-state index contributed by atoms with van der Waals surface area (Å²) in [5.41, 5.74) is 1.38. The van der Waals surface area contributed by atoms with Crippen LogP contribution in [-0.4, -0.2) is 10.2 Å². The number of thioether (sulfide) groups is 1. The van der Waals surface area contributed by atoms with E-state index in [0.29, 0.717) is 17.1 Å². The number of halogens is 1. The Labute approximate surface area is 145 Å². The molecule has 1 aromatic heterocycles. The first-order valence-electron chi connectivity index (χ1n) is 7.86. The van der Waals surface area contributed by atoms with Crippen LogP contribution in [0.15, 0.2) is 38.6 Å². The third-order valence-electron chi connectivity index (χ3n) is 5.69. The first-order valence-corrected chi connectivity index (χ1v) is 10.3. The highest BCUT2D eigenvalue weighted by Gasteiger charge is 2.54. The lowest BCUT2D eigenvalue weighted by molar-refractivity contribution is 0.307. The molecule has 2 fully saturated rings. The van der Waals surface area contributed by atoms with Crippen molar-refractivity contribution < 1.29 is 0 Å². The number of fused-ring (bicyclic) bond motifs is 6. The summed E-state index contributed by atoms with van der Waals surface area (Å²) in [4.78, 5) is 16.4. The first-order chi connectivity index (χ1) is 10.7. The zero-order chi connectivity index (χ0) is 14.8. The maximum atomic E-state index is 11.9. The summed E-state index contributed by atoms with van der Waals surface area (Å²) in [6.07, 6.45) is 4.16. The molecule has 0 spiro atoms. The van der Waals surface area contributed by atoms with Gasteiger partial charge in [-0.2, -0.15) is 0 Å². The molecule has 2 aliphatic carbocycles. The van der Waals surface area contributed by atoms with E-state index in [0.717, 1.165) is 21.3 Å². The molecule has 2 heterocycles. The topological polar surface area (TPSA) is 32.9 Å². The fourth-order valence-electron chi connectivity index (χ4n) is 4.89. The predicted octanol–water partition coefficient (Wildman–Crippen LogP) is 4.85. The number of nitrogens with one attached hydrogen (secondary N) is 1. The van der Waals surface area contributed by atoms with Crippen molar-refractivity contribution in [2.24, 2.45) is 17.8 Å². The van der Waals surface area contributed by atoms with E-state index >= 15 is 0 Å². The molecule has 2 saturated carbocycles. The summed E-state index contributed by atoms with van der Waals surface area (Å²) >= 11 is 6.93. The van der Waals surface area contributed by atoms with E-state index < -0.39 is 0 Å². The smallest absolute Gasteiger partial charge is 0.305 e. The standard InChI is InChI=1S/C17H16BrNOS2/c18-11-5-3-8(4-6-11)12-13-9-1-2-10(7-9)14(13)21-16-15(12)22-17(20)19-16/h3-6,9-10,12-14H,1-2,7H2,(H,19,20)/t9-,10-,12-,13-,14-/m1/s1. The Morgan fingerprint density at radius 1 is 1.14 bits per heavy atom. The second-order valence-electron chi connectivity index (χ2n) is 6.73. The normalized spacial score (nSPS) is 35.4. The number of H-pyrrole nitrogens is 1. The van der Waals surface area contributed by atoms with Gasteiger partial charge in [-0.15, -0.1) is 11.8 Å². The number of rotatable bonds is 1. The molecule has 5 atom stereocenters. The Morgan fingerprint density at radius 2 is 1.91 bits per heavy atom. The third kappa shape index (κ3) is 1.95. The van der Waals surface area contributed by atoms with Gasteiger partial charge in [-0.05, 0) is 54.7 Å². The van der Waals surface area contributed by atoms with Crippen molar-refractivity contribution in [1.29, 1.82) is 0 Å². The monoisotopic (exact) mass is 393 g/mol. The molecule has 1 aliphatic heterocycles. The molecule has 5 heteroatoms. The van der Waals surface area contributed by atoms with Crippen molar-refractivity contribution in [2.75, 3.05) is 0 Å². The van der Waals surface area contributed by atoms with Gasteiger partial charge in [-0.3, -0.25) is 4.79 Å². The lowest BCUT2D eigenvalue weighted by Crippen LogP contribution is -2.33. The average molecular weight is 394 g/mol. The van der Waals surface area contributed by atoms with E-state index in [1.165, 1.54) is 41.0 Å². The third-order valence-corrected chi connectivity index (χ3v) is 8.85. The van der Waals surface area contributed by atoms with Crippen LogP contribution in [0.5, 0.6) is 0 Å². The molecule has 22 heavy (non-hydrogen) atoms. The summed E-state index contributed by atoms with van der Waals surface area (Å²) in [6.45, 7) is 0. The van der Waals surface area contributed by atoms with Gasteiger partial charge >= 0.3 is 4.87 Å². The Hall–Kier alpha value is -0.520. The second-order valence-corrected chi connectivity index (χ2v) is 9.85. The summed E-state index contributed by atoms with van der Waals surface area (Å²) in [6, 6.07) is 8.74. The van der Waals surface area contributed by atoms with Gasteiger partial charge in [-0.1, -0.05) is 39.4 Å². The minimum absolute atomic E-state index is 0.104. The molecular formula is C17H16BrNOS2. The zero-order valence-electron chi connectivity index (χ0n) is 11.9. The Kier molecular flexibility index (Phi) is 3.15. The Morgan fingerprint density at radius 3 is 2.73 bits per heavy atom. The number of hydrogen-bond acceptors (Lipinski definition) is 3. The van der Waals surface area contributed by atoms with Gasteiger partial charge in [0.2, 0.25) is 0 Å². The van der Waals surface area contributed by atoms with Crippen LogP contribution in [0.25, 0.3) is 0 Å². The molecule has 0 amide bonds. The van der Waals surface area contributed by atoms with Crippen LogP contribution in [0.4, 0.5) is 0 Å². The fraction of sp³-hybridized carbons (Fsp3) is 0.471. The highest BCUT2D eigenvalue weighted by Crippen LogP contribution is 2.63. The molecular weight excluding hydrogens is 378 g/mol. The zero-order valence-corrected chi connectivity index (χ0v) is 15.1. The molecule has 5 rings (SSSR count). The quantitative estimate of drug-likeness (QED) is 0.750. The number of aromatic nitrogens is 1. The highest BCUT2D eigenvalue weighted by molar-refractivity contribution is 9.10. The predicted molar refractivity (Wildman–Crippen MR) is 94.9 cm³/mol. The summed E-state index contributed by atoms with van der Waals surface area (Å²) in [7, 11) is 0. The minimum atomic E-state index is 0.104. The van der Waals surface area contributed by atoms with Crippen molar-refractivity contribution in [3.05, 3.63) is 48.8 Å². The van der Waals surface area contributed by atoms with Gasteiger partial charge in [0, 0.05) is 20.5 Å². The number of aromatic amines is 1. The molecule has 0 unspecified atom stereocenters. The van der Waals surface area contributed by atoms with Gasteiger partial charge < -0.3 is 4.98 Å². The van der Waals surface area contributed by atoms with Gasteiger partial charge in [0.25, 0.3) is 0 Å². The van der Waals surface area contributed by atoms with E-state index in [2.05, 4.69) is 45.2 Å². The van der Waals surface area contributed by atoms with E-state index in [9.17, 15) is 4.79 Å². The summed E-state index contributed by atoms with van der Waals surface area (Å²) in [5.74, 6) is 2.83. The van der Waals surface area contributed by atoms with Crippen LogP contribution in [0.3, 0.4) is 0 Å². The molecule has 114 valence electrons. The van der Waals surface area contributed by atoms with Crippen LogP contribution >= 0.6 is 39.0 Å². The molecule has 2 aromatic rings. The van der Waals surface area contributed by atoms with Gasteiger partial charge in [0.15, 0.2) is 0 Å². The fourth-order valence-corrected chi connectivity index (χ4v) is 8.05. The van der Waals surface area contributed by atoms with Crippen LogP contribution < -0.4 is 4.87 Å². The van der Waals surface area contributed by atoms with E-state index in [1.807, 2.05) is 11.8 Å². The summed E-state index contributed by atoms with van der Waals surface area (Å²) in [5, 5.41) is 1.85. The van der Waals surface area contributed by atoms with E-state index in [4.69, 9.17) is 0 Å². The SMILES string of the molecule is O=c1[nH]c2c(s1)[C@H](c1ccc(Br)cc1)[C@H]1[C@@H]3CC[C@H](C3)[C@H]1S2. The molecule has 3 aliphatic rings. The van der Waals surface area contributed by atoms with Gasteiger partial charge in [-0.25, -0.2) is 0 Å². The van der Waals surface area contributed by atoms with Crippen molar-refractivity contribution in [1.82, 2.24) is 4.98 Å². The lowest BCUT2D eigenvalue weighted by Gasteiger charge is -2.40. The number of hydrogen-bond donors (Lipinski definition) is 1. The molecule has 2 nitrogen and oxygen atoms in total. The average Bonchev–Trinajstić information content (AvgIpc) is 3.19. The minimum Gasteiger partial charge on any atom is -0.307 e. The van der Waals surface area contributed by atoms with Crippen LogP contribution in [-0.2, 0) is 0 Å². The van der Waals surface area contributed by atoms with Crippen molar-refractivity contribution in [2.45, 2.75) is 35.5 Å². The molecule has 1 N–H and O–H groups in total. The van der Waals surface area contributed by atoms with Gasteiger partial charge in [0.05, 0.1) is 5.03 Å². The van der Waals surface area contributed by atoms with Crippen LogP contribution in [0, 0.1) is 17.8 Å². The Balaban J connectivity index is 1.68. The van der Waals surface area contributed by atoms with E-state index in [-0.39, 0.29) is 4.87 Å².